The number of para-hydroxylation sites is 1. The van der Waals surface area contributed by atoms with Gasteiger partial charge in [0.05, 0.1) is 15.6 Å². The first-order valence-corrected chi connectivity index (χ1v) is 9.45. The number of anilines is 1. The van der Waals surface area contributed by atoms with Gasteiger partial charge in [-0.15, -0.1) is 0 Å². The number of nitrogens with zero attached hydrogens (tertiary/aromatic N) is 2. The van der Waals surface area contributed by atoms with Gasteiger partial charge in [0.25, 0.3) is 11.1 Å². The van der Waals surface area contributed by atoms with E-state index >= 15 is 0 Å². The average molecular weight is 395 g/mol. The molecular formula is C17H19ClN4O3S. The summed E-state index contributed by atoms with van der Waals surface area (Å²) < 4.78 is 0. The first kappa shape index (κ1) is 18.8. The fourth-order valence-corrected chi connectivity index (χ4v) is 3.98. The minimum absolute atomic E-state index is 0.0613. The summed E-state index contributed by atoms with van der Waals surface area (Å²) in [5.74, 6) is -0.339. The Hall–Kier alpha value is -2.03. The standard InChI is InChI=1S/C17H19ClN4O3S/c18-12-3-1-2-11(10-13-16(24)20-17(25)26-13)15(12)22-8-6-21(7-9-22)14(23)4-5-19/h1-3,10H,4-9,19H2,(H,20,24,25)/b13-10+. The second-order valence-corrected chi connectivity index (χ2v) is 7.36. The number of amides is 3. The van der Waals surface area contributed by atoms with Crippen LogP contribution in [0, 0.1) is 0 Å². The SMILES string of the molecule is NCCC(=O)N1CCN(c2c(Cl)cccc2/C=C2/SC(=O)NC2=O)CC1. The molecule has 0 unspecified atom stereocenters. The Morgan fingerprint density at radius 3 is 2.62 bits per heavy atom. The lowest BCUT2D eigenvalue weighted by atomic mass is 10.1. The molecule has 138 valence electrons. The number of carbonyl (C=O) groups excluding carboxylic acids is 3. The van der Waals surface area contributed by atoms with E-state index in [9.17, 15) is 14.4 Å². The van der Waals surface area contributed by atoms with Crippen LogP contribution < -0.4 is 16.0 Å². The Morgan fingerprint density at radius 2 is 2.00 bits per heavy atom. The van der Waals surface area contributed by atoms with E-state index in [2.05, 4.69) is 10.2 Å². The molecule has 7 nitrogen and oxygen atoms in total. The Balaban J connectivity index is 1.81. The second-order valence-electron chi connectivity index (χ2n) is 5.94. The zero-order valence-electron chi connectivity index (χ0n) is 14.0. The maximum Gasteiger partial charge on any atom is 0.290 e. The monoisotopic (exact) mass is 394 g/mol. The molecule has 2 fully saturated rings. The van der Waals surface area contributed by atoms with Crippen molar-refractivity contribution in [2.75, 3.05) is 37.6 Å². The summed E-state index contributed by atoms with van der Waals surface area (Å²) in [4.78, 5) is 39.4. The topological polar surface area (TPSA) is 95.7 Å². The van der Waals surface area contributed by atoms with Gasteiger partial charge in [0.2, 0.25) is 5.91 Å². The van der Waals surface area contributed by atoms with Crippen molar-refractivity contribution < 1.29 is 14.4 Å². The molecule has 0 radical (unpaired) electrons. The van der Waals surface area contributed by atoms with Crippen molar-refractivity contribution in [1.29, 1.82) is 0 Å². The number of carbonyl (C=O) groups is 3. The number of benzene rings is 1. The van der Waals surface area contributed by atoms with Crippen LogP contribution in [0.4, 0.5) is 10.5 Å². The van der Waals surface area contributed by atoms with Crippen molar-refractivity contribution in [2.45, 2.75) is 6.42 Å². The summed E-state index contributed by atoms with van der Waals surface area (Å²) in [7, 11) is 0. The molecular weight excluding hydrogens is 376 g/mol. The molecule has 1 aromatic rings. The van der Waals surface area contributed by atoms with E-state index in [1.807, 2.05) is 6.07 Å². The zero-order chi connectivity index (χ0) is 18.7. The molecule has 2 aliphatic rings. The molecule has 1 aromatic carbocycles. The van der Waals surface area contributed by atoms with Gasteiger partial charge in [-0.3, -0.25) is 19.7 Å². The Kier molecular flexibility index (Phi) is 5.85. The van der Waals surface area contributed by atoms with Crippen LogP contribution in [-0.4, -0.2) is 54.7 Å². The lowest BCUT2D eigenvalue weighted by Gasteiger charge is -2.37. The van der Waals surface area contributed by atoms with Crippen molar-refractivity contribution in [3.63, 3.8) is 0 Å². The van der Waals surface area contributed by atoms with Crippen LogP contribution in [0.5, 0.6) is 0 Å². The van der Waals surface area contributed by atoms with Gasteiger partial charge in [0, 0.05) is 44.7 Å². The third kappa shape index (κ3) is 4.03. The fraction of sp³-hybridized carbons (Fsp3) is 0.353. The van der Waals surface area contributed by atoms with Crippen molar-refractivity contribution in [3.8, 4) is 0 Å². The van der Waals surface area contributed by atoms with Gasteiger partial charge >= 0.3 is 0 Å². The summed E-state index contributed by atoms with van der Waals surface area (Å²) in [6.07, 6.45) is 2.03. The van der Waals surface area contributed by atoms with Crippen LogP contribution in [0.3, 0.4) is 0 Å². The normalized spacial score (nSPS) is 19.2. The number of rotatable bonds is 4. The summed E-state index contributed by atoms with van der Waals surface area (Å²) in [6.45, 7) is 2.80. The second kappa shape index (κ2) is 8.11. The van der Waals surface area contributed by atoms with Crippen LogP contribution >= 0.6 is 23.4 Å². The Labute approximate surface area is 160 Å². The molecule has 3 amide bonds. The first-order chi connectivity index (χ1) is 12.5. The van der Waals surface area contributed by atoms with E-state index in [4.69, 9.17) is 17.3 Å². The number of hydrogen-bond acceptors (Lipinski definition) is 6. The summed E-state index contributed by atoms with van der Waals surface area (Å²) in [5.41, 5.74) is 7.03. The van der Waals surface area contributed by atoms with Gasteiger partial charge in [-0.25, -0.2) is 0 Å². The molecule has 0 bridgehead atoms. The quantitative estimate of drug-likeness (QED) is 0.754. The largest absolute Gasteiger partial charge is 0.366 e. The van der Waals surface area contributed by atoms with Crippen LogP contribution in [0.2, 0.25) is 5.02 Å². The van der Waals surface area contributed by atoms with Gasteiger partial charge in [-0.05, 0) is 23.9 Å². The number of nitrogens with two attached hydrogens (primary N) is 1. The lowest BCUT2D eigenvalue weighted by Crippen LogP contribution is -2.49. The molecule has 2 aliphatic heterocycles. The number of piperazine rings is 1. The van der Waals surface area contributed by atoms with Crippen LogP contribution in [-0.2, 0) is 9.59 Å². The number of nitrogens with one attached hydrogen (secondary N) is 1. The molecule has 0 atom stereocenters. The first-order valence-electron chi connectivity index (χ1n) is 8.25. The predicted molar refractivity (Wildman–Crippen MR) is 103 cm³/mol. The highest BCUT2D eigenvalue weighted by Crippen LogP contribution is 2.34. The smallest absolute Gasteiger partial charge is 0.290 e. The average Bonchev–Trinajstić information content (AvgIpc) is 2.93. The van der Waals surface area contributed by atoms with E-state index in [0.29, 0.717) is 49.1 Å². The van der Waals surface area contributed by atoms with E-state index in [0.717, 1.165) is 23.0 Å². The fourth-order valence-electron chi connectivity index (χ4n) is 3.01. The number of thioether (sulfide) groups is 1. The van der Waals surface area contributed by atoms with Gasteiger partial charge < -0.3 is 15.5 Å². The highest BCUT2D eigenvalue weighted by atomic mass is 35.5. The van der Waals surface area contributed by atoms with Crippen molar-refractivity contribution >= 4 is 52.2 Å². The van der Waals surface area contributed by atoms with Crippen LogP contribution in [0.25, 0.3) is 6.08 Å². The summed E-state index contributed by atoms with van der Waals surface area (Å²) in [5, 5.41) is 2.43. The maximum atomic E-state index is 12.0. The Morgan fingerprint density at radius 1 is 1.27 bits per heavy atom. The third-order valence-corrected chi connectivity index (χ3v) is 5.37. The minimum Gasteiger partial charge on any atom is -0.366 e. The molecule has 0 aromatic heterocycles. The Bertz CT molecular complexity index is 775. The van der Waals surface area contributed by atoms with Gasteiger partial charge in [-0.2, -0.15) is 0 Å². The molecule has 3 N–H and O–H groups in total. The molecule has 26 heavy (non-hydrogen) atoms. The highest BCUT2D eigenvalue weighted by Gasteiger charge is 2.27. The summed E-state index contributed by atoms with van der Waals surface area (Å²) in [6, 6.07) is 5.45. The van der Waals surface area contributed by atoms with Gasteiger partial charge in [0.15, 0.2) is 0 Å². The van der Waals surface area contributed by atoms with Crippen molar-refractivity contribution in [2.24, 2.45) is 5.73 Å². The van der Waals surface area contributed by atoms with Crippen LogP contribution in [0.1, 0.15) is 12.0 Å². The van der Waals surface area contributed by atoms with E-state index < -0.39 is 5.91 Å². The van der Waals surface area contributed by atoms with Crippen molar-refractivity contribution in [1.82, 2.24) is 10.2 Å². The summed E-state index contributed by atoms with van der Waals surface area (Å²) >= 11 is 7.29. The number of halogens is 1. The third-order valence-electron chi connectivity index (χ3n) is 4.25. The predicted octanol–water partition coefficient (Wildman–Crippen LogP) is 1.66. The lowest BCUT2D eigenvalue weighted by molar-refractivity contribution is -0.131. The molecule has 2 heterocycles. The molecule has 9 heteroatoms. The molecule has 2 saturated heterocycles. The minimum atomic E-state index is -0.400. The van der Waals surface area contributed by atoms with E-state index in [1.54, 1.807) is 23.1 Å². The number of imide groups is 1. The van der Waals surface area contributed by atoms with Gasteiger partial charge in [-0.1, -0.05) is 23.7 Å². The van der Waals surface area contributed by atoms with Gasteiger partial charge in [0.1, 0.15) is 0 Å². The molecule has 0 spiro atoms. The zero-order valence-corrected chi connectivity index (χ0v) is 15.6. The number of hydrogen-bond donors (Lipinski definition) is 2. The van der Waals surface area contributed by atoms with E-state index in [-0.39, 0.29) is 11.1 Å². The maximum absolute atomic E-state index is 12.0. The van der Waals surface area contributed by atoms with Crippen molar-refractivity contribution in [3.05, 3.63) is 33.7 Å². The van der Waals surface area contributed by atoms with Crippen LogP contribution in [0.15, 0.2) is 23.1 Å². The highest BCUT2D eigenvalue weighted by molar-refractivity contribution is 8.18. The van der Waals surface area contributed by atoms with E-state index in [1.165, 1.54) is 0 Å². The molecule has 3 rings (SSSR count). The molecule has 0 saturated carbocycles. The molecule has 0 aliphatic carbocycles.